The van der Waals surface area contributed by atoms with Gasteiger partial charge in [-0.3, -0.25) is 5.32 Å². The fourth-order valence-electron chi connectivity index (χ4n) is 2.43. The molecule has 3 rings (SSSR count). The molecule has 0 fully saturated rings. The summed E-state index contributed by atoms with van der Waals surface area (Å²) in [5.41, 5.74) is 7.23. The van der Waals surface area contributed by atoms with Crippen molar-refractivity contribution in [2.75, 3.05) is 17.3 Å². The van der Waals surface area contributed by atoms with Crippen molar-refractivity contribution in [3.63, 3.8) is 0 Å². The summed E-state index contributed by atoms with van der Waals surface area (Å²) in [5, 5.41) is 2.62. The normalized spacial score (nSPS) is 11.0. The van der Waals surface area contributed by atoms with Crippen molar-refractivity contribution in [3.8, 4) is 17.1 Å². The lowest BCUT2D eigenvalue weighted by molar-refractivity contribution is 0.215. The number of benzene rings is 2. The van der Waals surface area contributed by atoms with Crippen molar-refractivity contribution < 1.29 is 17.9 Å². The van der Waals surface area contributed by atoms with Crippen molar-refractivity contribution >= 4 is 27.4 Å². The SMILES string of the molecule is CS(=O)(=O)Cc1cc(N)nc(-c2ccc(NC(=O)Oc3ccccc3)cc2)n1. The van der Waals surface area contributed by atoms with E-state index >= 15 is 0 Å². The molecule has 0 radical (unpaired) electrons. The van der Waals surface area contributed by atoms with Crippen LogP contribution in [0.3, 0.4) is 0 Å². The van der Waals surface area contributed by atoms with Gasteiger partial charge in [-0.05, 0) is 36.4 Å². The summed E-state index contributed by atoms with van der Waals surface area (Å²) in [5.74, 6) is 0.690. The molecule has 0 aliphatic heterocycles. The van der Waals surface area contributed by atoms with E-state index < -0.39 is 15.9 Å². The second kappa shape index (κ2) is 8.05. The standard InChI is InChI=1S/C19H18N4O4S/c1-28(25,26)12-15-11-17(20)23-18(21-15)13-7-9-14(10-8-13)22-19(24)27-16-5-3-2-4-6-16/h2-11H,12H2,1H3,(H,22,24)(H2,20,21,23). The van der Waals surface area contributed by atoms with Crippen molar-refractivity contribution in [1.82, 2.24) is 9.97 Å². The lowest BCUT2D eigenvalue weighted by Crippen LogP contribution is -2.16. The molecule has 3 N–H and O–H groups in total. The van der Waals surface area contributed by atoms with Crippen LogP contribution in [-0.4, -0.2) is 30.7 Å². The van der Waals surface area contributed by atoms with E-state index in [9.17, 15) is 13.2 Å². The highest BCUT2D eigenvalue weighted by atomic mass is 32.2. The van der Waals surface area contributed by atoms with Gasteiger partial charge in [0, 0.05) is 23.6 Å². The molecule has 1 heterocycles. The number of anilines is 2. The van der Waals surface area contributed by atoms with E-state index in [0.29, 0.717) is 28.5 Å². The number of nitrogens with zero attached hydrogens (tertiary/aromatic N) is 2. The highest BCUT2D eigenvalue weighted by Gasteiger charge is 2.11. The Hall–Kier alpha value is -3.46. The van der Waals surface area contributed by atoms with Gasteiger partial charge in [0.05, 0.1) is 11.4 Å². The summed E-state index contributed by atoms with van der Waals surface area (Å²) >= 11 is 0. The molecule has 1 amide bonds. The van der Waals surface area contributed by atoms with Gasteiger partial charge in [0.2, 0.25) is 0 Å². The third-order valence-electron chi connectivity index (χ3n) is 3.55. The topological polar surface area (TPSA) is 124 Å². The van der Waals surface area contributed by atoms with Gasteiger partial charge in [-0.25, -0.2) is 23.2 Å². The third-order valence-corrected chi connectivity index (χ3v) is 4.37. The Morgan fingerprint density at radius 1 is 1.07 bits per heavy atom. The average Bonchev–Trinajstić information content (AvgIpc) is 2.61. The first kappa shape index (κ1) is 19.3. The monoisotopic (exact) mass is 398 g/mol. The molecule has 1 aromatic heterocycles. The van der Waals surface area contributed by atoms with Crippen LogP contribution in [0.2, 0.25) is 0 Å². The van der Waals surface area contributed by atoms with E-state index in [0.717, 1.165) is 6.26 Å². The molecule has 28 heavy (non-hydrogen) atoms. The van der Waals surface area contributed by atoms with Gasteiger partial charge in [0.15, 0.2) is 15.7 Å². The highest BCUT2D eigenvalue weighted by Crippen LogP contribution is 2.20. The van der Waals surface area contributed by atoms with E-state index in [1.165, 1.54) is 6.07 Å². The molecule has 0 aliphatic carbocycles. The number of nitrogen functional groups attached to an aromatic ring is 1. The molecule has 9 heteroatoms. The maximum atomic E-state index is 11.9. The Morgan fingerprint density at radius 2 is 1.75 bits per heavy atom. The van der Waals surface area contributed by atoms with Gasteiger partial charge in [-0.1, -0.05) is 18.2 Å². The summed E-state index contributed by atoms with van der Waals surface area (Å²) in [6.45, 7) is 0. The van der Waals surface area contributed by atoms with Crippen molar-refractivity contribution in [1.29, 1.82) is 0 Å². The van der Waals surface area contributed by atoms with Gasteiger partial charge in [0.25, 0.3) is 0 Å². The second-order valence-electron chi connectivity index (χ2n) is 6.08. The zero-order valence-electron chi connectivity index (χ0n) is 15.0. The molecular formula is C19H18N4O4S. The summed E-state index contributed by atoms with van der Waals surface area (Å²) in [7, 11) is -3.25. The number of sulfone groups is 1. The Morgan fingerprint density at radius 3 is 2.39 bits per heavy atom. The minimum atomic E-state index is -3.25. The van der Waals surface area contributed by atoms with E-state index in [2.05, 4.69) is 15.3 Å². The van der Waals surface area contributed by atoms with Gasteiger partial charge in [0.1, 0.15) is 11.6 Å². The lowest BCUT2D eigenvalue weighted by Gasteiger charge is -2.08. The number of nitrogens with two attached hydrogens (primary N) is 1. The van der Waals surface area contributed by atoms with Crippen LogP contribution in [0.1, 0.15) is 5.69 Å². The summed E-state index contributed by atoms with van der Waals surface area (Å²) in [6.07, 6.45) is 0.509. The largest absolute Gasteiger partial charge is 0.417 e. The smallest absolute Gasteiger partial charge is 0.410 e. The molecule has 0 aliphatic rings. The number of aromatic nitrogens is 2. The zero-order chi connectivity index (χ0) is 20.1. The van der Waals surface area contributed by atoms with Crippen LogP contribution in [0, 0.1) is 0 Å². The number of carbonyl (C=O) groups excluding carboxylic acids is 1. The van der Waals surface area contributed by atoms with Crippen LogP contribution in [0.25, 0.3) is 11.4 Å². The fourth-order valence-corrected chi connectivity index (χ4v) is 3.12. The van der Waals surface area contributed by atoms with Gasteiger partial charge >= 0.3 is 6.09 Å². The van der Waals surface area contributed by atoms with Crippen molar-refractivity contribution in [2.24, 2.45) is 0 Å². The number of rotatable bonds is 5. The second-order valence-corrected chi connectivity index (χ2v) is 8.22. The van der Waals surface area contributed by atoms with E-state index in [-0.39, 0.29) is 11.6 Å². The van der Waals surface area contributed by atoms with Crippen LogP contribution < -0.4 is 15.8 Å². The number of ether oxygens (including phenoxy) is 1. The molecule has 3 aromatic rings. The number of para-hydroxylation sites is 1. The first-order chi connectivity index (χ1) is 13.3. The van der Waals surface area contributed by atoms with E-state index in [4.69, 9.17) is 10.5 Å². The van der Waals surface area contributed by atoms with Gasteiger partial charge < -0.3 is 10.5 Å². The van der Waals surface area contributed by atoms with Gasteiger partial charge in [-0.2, -0.15) is 0 Å². The average molecular weight is 398 g/mol. The molecule has 0 spiro atoms. The minimum absolute atomic E-state index is 0.178. The van der Waals surface area contributed by atoms with Crippen LogP contribution >= 0.6 is 0 Å². The van der Waals surface area contributed by atoms with Crippen LogP contribution in [-0.2, 0) is 15.6 Å². The van der Waals surface area contributed by atoms with Crippen LogP contribution in [0.4, 0.5) is 16.3 Å². The highest BCUT2D eigenvalue weighted by molar-refractivity contribution is 7.89. The summed E-state index contributed by atoms with van der Waals surface area (Å²) in [6, 6.07) is 16.8. The molecule has 0 bridgehead atoms. The summed E-state index contributed by atoms with van der Waals surface area (Å²) in [4.78, 5) is 20.3. The van der Waals surface area contributed by atoms with E-state index in [1.54, 1.807) is 48.5 Å². The Balaban J connectivity index is 1.73. The minimum Gasteiger partial charge on any atom is -0.410 e. The van der Waals surface area contributed by atoms with Crippen molar-refractivity contribution in [3.05, 3.63) is 66.4 Å². The quantitative estimate of drug-likeness (QED) is 0.677. The first-order valence-electron chi connectivity index (χ1n) is 8.24. The Kier molecular flexibility index (Phi) is 5.55. The molecule has 0 atom stereocenters. The molecule has 0 saturated carbocycles. The number of hydrogen-bond donors (Lipinski definition) is 2. The molecular weight excluding hydrogens is 380 g/mol. The third kappa shape index (κ3) is 5.52. The molecule has 0 unspecified atom stereocenters. The maximum Gasteiger partial charge on any atom is 0.417 e. The maximum absolute atomic E-state index is 11.9. The number of carbonyl (C=O) groups is 1. The zero-order valence-corrected chi connectivity index (χ0v) is 15.8. The van der Waals surface area contributed by atoms with Crippen molar-refractivity contribution in [2.45, 2.75) is 5.75 Å². The van der Waals surface area contributed by atoms with Gasteiger partial charge in [-0.15, -0.1) is 0 Å². The number of amides is 1. The Labute approximate surface area is 162 Å². The predicted molar refractivity (Wildman–Crippen MR) is 107 cm³/mol. The number of hydrogen-bond acceptors (Lipinski definition) is 7. The predicted octanol–water partition coefficient (Wildman–Crippen LogP) is 2.88. The van der Waals surface area contributed by atoms with E-state index in [1.807, 2.05) is 6.07 Å². The molecule has 2 aromatic carbocycles. The molecule has 144 valence electrons. The van der Waals surface area contributed by atoms with Crippen LogP contribution in [0.15, 0.2) is 60.7 Å². The van der Waals surface area contributed by atoms with Crippen LogP contribution in [0.5, 0.6) is 5.75 Å². The lowest BCUT2D eigenvalue weighted by atomic mass is 10.2. The Bertz CT molecular complexity index is 1080. The molecule has 0 saturated heterocycles. The summed E-state index contributed by atoms with van der Waals surface area (Å²) < 4.78 is 28.1. The number of nitrogens with one attached hydrogen (secondary N) is 1. The first-order valence-corrected chi connectivity index (χ1v) is 10.3. The molecule has 8 nitrogen and oxygen atoms in total. The fraction of sp³-hybridized carbons (Fsp3) is 0.105.